The van der Waals surface area contributed by atoms with Crippen LogP contribution < -0.4 is 10.5 Å². The maximum absolute atomic E-state index is 8.85. The third-order valence-corrected chi connectivity index (χ3v) is 3.07. The van der Waals surface area contributed by atoms with Crippen LogP contribution in [0.4, 0.5) is 5.69 Å². The molecule has 0 aliphatic rings. The minimum atomic E-state index is 0.485. The molecule has 0 amide bonds. The number of ether oxygens (including phenoxy) is 1. The Morgan fingerprint density at radius 2 is 1.94 bits per heavy atom. The Morgan fingerprint density at radius 1 is 1.17 bits per heavy atom. The zero-order valence-corrected chi connectivity index (χ0v) is 11.4. The van der Waals surface area contributed by atoms with Gasteiger partial charge in [0.1, 0.15) is 5.75 Å². The molecule has 0 radical (unpaired) electrons. The average molecular weight is 303 g/mol. The van der Waals surface area contributed by atoms with E-state index in [2.05, 4.69) is 22.0 Å². The van der Waals surface area contributed by atoms with Crippen molar-refractivity contribution >= 4 is 21.6 Å². The molecule has 0 aliphatic carbocycles. The first kappa shape index (κ1) is 12.5. The molecule has 2 rings (SSSR count). The lowest BCUT2D eigenvalue weighted by atomic mass is 10.2. The van der Waals surface area contributed by atoms with E-state index in [0.717, 1.165) is 10.0 Å². The van der Waals surface area contributed by atoms with Crippen molar-refractivity contribution in [1.29, 1.82) is 5.26 Å². The lowest BCUT2D eigenvalue weighted by Gasteiger charge is -2.10. The Labute approximate surface area is 114 Å². The second-order valence-electron chi connectivity index (χ2n) is 3.90. The molecule has 3 nitrogen and oxygen atoms in total. The van der Waals surface area contributed by atoms with E-state index in [1.807, 2.05) is 25.1 Å². The summed E-state index contributed by atoms with van der Waals surface area (Å²) in [6.45, 7) is 2.00. The van der Waals surface area contributed by atoms with Gasteiger partial charge in [0, 0.05) is 6.07 Å². The normalized spacial score (nSPS) is 9.83. The molecule has 0 heterocycles. The summed E-state index contributed by atoms with van der Waals surface area (Å²) in [5.41, 5.74) is 7.97. The van der Waals surface area contributed by atoms with Crippen molar-refractivity contribution in [2.45, 2.75) is 6.92 Å². The van der Waals surface area contributed by atoms with Crippen molar-refractivity contribution in [3.63, 3.8) is 0 Å². The Kier molecular flexibility index (Phi) is 3.54. The highest BCUT2D eigenvalue weighted by atomic mass is 79.9. The van der Waals surface area contributed by atoms with Crippen LogP contribution in [0.3, 0.4) is 0 Å². The number of nitriles is 1. The molecule has 0 saturated carbocycles. The summed E-state index contributed by atoms with van der Waals surface area (Å²) < 4.78 is 6.57. The zero-order valence-electron chi connectivity index (χ0n) is 9.77. The molecular weight excluding hydrogens is 292 g/mol. The van der Waals surface area contributed by atoms with Crippen molar-refractivity contribution < 1.29 is 4.74 Å². The molecule has 0 fully saturated rings. The van der Waals surface area contributed by atoms with Gasteiger partial charge in [0.05, 0.1) is 21.8 Å². The molecule has 2 aromatic rings. The zero-order chi connectivity index (χ0) is 13.1. The van der Waals surface area contributed by atoms with Crippen LogP contribution in [0.25, 0.3) is 0 Å². The molecule has 0 spiro atoms. The van der Waals surface area contributed by atoms with Crippen molar-refractivity contribution in [1.82, 2.24) is 0 Å². The van der Waals surface area contributed by atoms with Gasteiger partial charge in [0.25, 0.3) is 0 Å². The van der Waals surface area contributed by atoms with Gasteiger partial charge in [-0.25, -0.2) is 0 Å². The van der Waals surface area contributed by atoms with Crippen LogP contribution >= 0.6 is 15.9 Å². The van der Waals surface area contributed by atoms with Crippen molar-refractivity contribution in [3.05, 3.63) is 52.0 Å². The van der Waals surface area contributed by atoms with E-state index < -0.39 is 0 Å². The summed E-state index contributed by atoms with van der Waals surface area (Å²) in [6.07, 6.45) is 0. The first-order valence-electron chi connectivity index (χ1n) is 5.34. The van der Waals surface area contributed by atoms with Crippen LogP contribution in [0, 0.1) is 18.3 Å². The standard InChI is InChI=1S/C14H11BrN2O/c1-9-2-5-13(11(15)6-9)18-14-7-10(8-16)3-4-12(14)17/h2-7H,17H2,1H3. The molecule has 0 aliphatic heterocycles. The highest BCUT2D eigenvalue weighted by molar-refractivity contribution is 9.10. The number of benzene rings is 2. The first-order chi connectivity index (χ1) is 8.60. The predicted octanol–water partition coefficient (Wildman–Crippen LogP) is 4.00. The van der Waals surface area contributed by atoms with E-state index in [0.29, 0.717) is 22.7 Å². The van der Waals surface area contributed by atoms with E-state index in [9.17, 15) is 0 Å². The quantitative estimate of drug-likeness (QED) is 0.853. The van der Waals surface area contributed by atoms with Crippen molar-refractivity contribution in [2.75, 3.05) is 5.73 Å². The van der Waals surface area contributed by atoms with Crippen LogP contribution in [0.2, 0.25) is 0 Å². The second-order valence-corrected chi connectivity index (χ2v) is 4.75. The van der Waals surface area contributed by atoms with Crippen LogP contribution in [0.5, 0.6) is 11.5 Å². The lowest BCUT2D eigenvalue weighted by molar-refractivity contribution is 0.481. The van der Waals surface area contributed by atoms with Gasteiger partial charge >= 0.3 is 0 Å². The molecule has 0 atom stereocenters. The number of halogens is 1. The van der Waals surface area contributed by atoms with Gasteiger partial charge in [-0.1, -0.05) is 6.07 Å². The van der Waals surface area contributed by atoms with Gasteiger partial charge in [-0.3, -0.25) is 0 Å². The Bertz CT molecular complexity index is 632. The Morgan fingerprint density at radius 3 is 2.61 bits per heavy atom. The monoisotopic (exact) mass is 302 g/mol. The molecule has 0 unspecified atom stereocenters. The fourth-order valence-electron chi connectivity index (χ4n) is 1.50. The van der Waals surface area contributed by atoms with Crippen LogP contribution in [-0.4, -0.2) is 0 Å². The number of hydrogen-bond acceptors (Lipinski definition) is 3. The molecule has 4 heteroatoms. The smallest absolute Gasteiger partial charge is 0.151 e. The number of rotatable bonds is 2. The van der Waals surface area contributed by atoms with E-state index in [4.69, 9.17) is 15.7 Å². The maximum Gasteiger partial charge on any atom is 0.151 e. The third kappa shape index (κ3) is 2.63. The molecule has 90 valence electrons. The molecule has 0 bridgehead atoms. The molecule has 2 aromatic carbocycles. The van der Waals surface area contributed by atoms with Gasteiger partial charge in [0.15, 0.2) is 5.75 Å². The van der Waals surface area contributed by atoms with Crippen molar-refractivity contribution in [3.8, 4) is 17.6 Å². The molecular formula is C14H11BrN2O. The molecule has 0 aromatic heterocycles. The van der Waals surface area contributed by atoms with Crippen LogP contribution in [0.15, 0.2) is 40.9 Å². The largest absolute Gasteiger partial charge is 0.454 e. The topological polar surface area (TPSA) is 59.0 Å². The lowest BCUT2D eigenvalue weighted by Crippen LogP contribution is -1.93. The van der Waals surface area contributed by atoms with E-state index in [1.165, 1.54) is 0 Å². The summed E-state index contributed by atoms with van der Waals surface area (Å²) in [4.78, 5) is 0. The number of nitrogen functional groups attached to an aromatic ring is 1. The number of hydrogen-bond donors (Lipinski definition) is 1. The fourth-order valence-corrected chi connectivity index (χ4v) is 2.07. The summed E-state index contributed by atoms with van der Waals surface area (Å²) in [7, 11) is 0. The van der Waals surface area contributed by atoms with E-state index >= 15 is 0 Å². The van der Waals surface area contributed by atoms with Crippen molar-refractivity contribution in [2.24, 2.45) is 0 Å². The number of nitrogens with zero attached hydrogens (tertiary/aromatic N) is 1. The Hall–Kier alpha value is -1.99. The summed E-state index contributed by atoms with van der Waals surface area (Å²) in [6, 6.07) is 12.8. The minimum absolute atomic E-state index is 0.485. The average Bonchev–Trinajstić information content (AvgIpc) is 2.35. The van der Waals surface area contributed by atoms with Gasteiger partial charge < -0.3 is 10.5 Å². The van der Waals surface area contributed by atoms with Crippen LogP contribution in [-0.2, 0) is 0 Å². The predicted molar refractivity (Wildman–Crippen MR) is 74.5 cm³/mol. The van der Waals surface area contributed by atoms with Crippen LogP contribution in [0.1, 0.15) is 11.1 Å². The maximum atomic E-state index is 8.85. The molecule has 2 N–H and O–H groups in total. The van der Waals surface area contributed by atoms with Gasteiger partial charge in [-0.05, 0) is 52.7 Å². The van der Waals surface area contributed by atoms with Gasteiger partial charge in [-0.2, -0.15) is 5.26 Å². The SMILES string of the molecule is Cc1ccc(Oc2cc(C#N)ccc2N)c(Br)c1. The highest BCUT2D eigenvalue weighted by Crippen LogP contribution is 2.33. The number of aryl methyl sites for hydroxylation is 1. The number of nitrogens with two attached hydrogens (primary N) is 1. The molecule has 18 heavy (non-hydrogen) atoms. The molecule has 0 saturated heterocycles. The number of anilines is 1. The minimum Gasteiger partial charge on any atom is -0.454 e. The summed E-state index contributed by atoms with van der Waals surface area (Å²) >= 11 is 3.43. The van der Waals surface area contributed by atoms with Gasteiger partial charge in [0.2, 0.25) is 0 Å². The summed E-state index contributed by atoms with van der Waals surface area (Å²) in [5, 5.41) is 8.85. The fraction of sp³-hybridized carbons (Fsp3) is 0.0714. The first-order valence-corrected chi connectivity index (χ1v) is 6.13. The second kappa shape index (κ2) is 5.11. The third-order valence-electron chi connectivity index (χ3n) is 2.45. The highest BCUT2D eigenvalue weighted by Gasteiger charge is 2.07. The van der Waals surface area contributed by atoms with E-state index in [1.54, 1.807) is 18.2 Å². The summed E-state index contributed by atoms with van der Waals surface area (Å²) in [5.74, 6) is 1.15. The van der Waals surface area contributed by atoms with E-state index in [-0.39, 0.29) is 0 Å². The Balaban J connectivity index is 2.37. The van der Waals surface area contributed by atoms with Gasteiger partial charge in [-0.15, -0.1) is 0 Å².